The summed E-state index contributed by atoms with van der Waals surface area (Å²) in [5.74, 6) is -0.756. The number of hydrogen-bond donors (Lipinski definition) is 5. The predicted octanol–water partition coefficient (Wildman–Crippen LogP) is 5.63. The molecule has 0 saturated carbocycles. The molecule has 3 aromatic rings. The number of rotatable bonds is 9. The van der Waals surface area contributed by atoms with E-state index < -0.39 is 23.5 Å². The van der Waals surface area contributed by atoms with Crippen LogP contribution in [0, 0.1) is 0 Å². The number of carbonyl (C=O) groups excluding carboxylic acids is 4. The van der Waals surface area contributed by atoms with Crippen molar-refractivity contribution in [3.8, 4) is 0 Å². The Morgan fingerprint density at radius 2 is 1.73 bits per heavy atom. The van der Waals surface area contributed by atoms with E-state index in [0.717, 1.165) is 18.4 Å². The molecule has 1 heterocycles. The average molecular weight is 642 g/mol. The van der Waals surface area contributed by atoms with Crippen LogP contribution in [0.25, 0.3) is 0 Å². The number of aromatic nitrogens is 1. The zero-order valence-electron chi connectivity index (χ0n) is 24.6. The molecule has 4 rings (SSSR count). The Bertz CT molecular complexity index is 1560. The first-order valence-corrected chi connectivity index (χ1v) is 14.8. The standard InChI is InChI=1S/C31H34Cl2N6O5/c1-31(2,3)44-30(43)39-24-16-18(12-13-34-24)17-25(40)37-23-11-9-21(32)26(27(23)33)28(41)35-14-15-36-29(42)38-22-10-8-19-6-4-5-7-20(19)22/h4-7,9,11-13,16,22H,8,10,14-15,17H2,1-3H3,(H,35,41)(H,37,40)(H,34,39,43)(H2,36,38,42)/t22-/m1/s1. The van der Waals surface area contributed by atoms with Gasteiger partial charge in [0.25, 0.3) is 5.91 Å². The van der Waals surface area contributed by atoms with Crippen molar-refractivity contribution in [3.63, 3.8) is 0 Å². The van der Waals surface area contributed by atoms with Gasteiger partial charge in [0.1, 0.15) is 11.4 Å². The van der Waals surface area contributed by atoms with E-state index in [0.29, 0.717) is 5.56 Å². The van der Waals surface area contributed by atoms with E-state index in [9.17, 15) is 19.2 Å². The summed E-state index contributed by atoms with van der Waals surface area (Å²) < 4.78 is 5.22. The topological polar surface area (TPSA) is 151 Å². The number of nitrogens with zero attached hydrogens (tertiary/aromatic N) is 1. The SMILES string of the molecule is CC(C)(C)OC(=O)Nc1cc(CC(=O)Nc2ccc(Cl)c(C(=O)NCCNC(=O)N[C@@H]3CCc4ccccc43)c2Cl)ccn1. The Morgan fingerprint density at radius 3 is 2.50 bits per heavy atom. The van der Waals surface area contributed by atoms with Crippen LogP contribution in [0.5, 0.6) is 0 Å². The number of aryl methyl sites for hydroxylation is 1. The molecular formula is C31H34Cl2N6O5. The van der Waals surface area contributed by atoms with Crippen LogP contribution < -0.4 is 26.6 Å². The summed E-state index contributed by atoms with van der Waals surface area (Å²) >= 11 is 12.8. The van der Waals surface area contributed by atoms with Crippen LogP contribution >= 0.6 is 23.2 Å². The van der Waals surface area contributed by atoms with Gasteiger partial charge in [0.15, 0.2) is 0 Å². The van der Waals surface area contributed by atoms with Gasteiger partial charge in [-0.3, -0.25) is 14.9 Å². The van der Waals surface area contributed by atoms with Crippen molar-refractivity contribution in [2.45, 2.75) is 51.7 Å². The fourth-order valence-electron chi connectivity index (χ4n) is 4.65. The largest absolute Gasteiger partial charge is 0.444 e. The third kappa shape index (κ3) is 9.08. The predicted molar refractivity (Wildman–Crippen MR) is 169 cm³/mol. The van der Waals surface area contributed by atoms with Gasteiger partial charge in [-0.15, -0.1) is 0 Å². The second-order valence-electron chi connectivity index (χ2n) is 11.1. The lowest BCUT2D eigenvalue weighted by Crippen LogP contribution is -2.41. The monoisotopic (exact) mass is 640 g/mol. The summed E-state index contributed by atoms with van der Waals surface area (Å²) in [6, 6.07) is 13.8. The summed E-state index contributed by atoms with van der Waals surface area (Å²) in [5, 5.41) is 13.7. The maximum Gasteiger partial charge on any atom is 0.413 e. The fourth-order valence-corrected chi connectivity index (χ4v) is 5.24. The Balaban J connectivity index is 1.27. The lowest BCUT2D eigenvalue weighted by Gasteiger charge is -2.19. The third-order valence-corrected chi connectivity index (χ3v) is 7.25. The number of nitrogens with one attached hydrogen (secondary N) is 5. The highest BCUT2D eigenvalue weighted by atomic mass is 35.5. The molecule has 1 aliphatic carbocycles. The van der Waals surface area contributed by atoms with Crippen molar-refractivity contribution in [2.75, 3.05) is 23.7 Å². The van der Waals surface area contributed by atoms with Crippen LogP contribution in [0.3, 0.4) is 0 Å². The normalized spacial score (nSPS) is 13.8. The van der Waals surface area contributed by atoms with E-state index >= 15 is 0 Å². The van der Waals surface area contributed by atoms with Gasteiger partial charge in [-0.25, -0.2) is 14.6 Å². The molecule has 1 aliphatic rings. The molecule has 0 bridgehead atoms. The number of urea groups is 1. The molecule has 0 saturated heterocycles. The number of pyridine rings is 1. The molecule has 0 fully saturated rings. The minimum Gasteiger partial charge on any atom is -0.444 e. The zero-order chi connectivity index (χ0) is 31.9. The van der Waals surface area contributed by atoms with E-state index in [4.69, 9.17) is 27.9 Å². The van der Waals surface area contributed by atoms with E-state index in [1.807, 2.05) is 18.2 Å². The van der Waals surface area contributed by atoms with Crippen LogP contribution in [0.1, 0.15) is 60.3 Å². The molecule has 0 spiro atoms. The fraction of sp³-hybridized carbons (Fsp3) is 0.323. The molecule has 1 aromatic heterocycles. The molecule has 0 radical (unpaired) electrons. The second kappa shape index (κ2) is 14.4. The maximum absolute atomic E-state index is 12.9. The van der Waals surface area contributed by atoms with Gasteiger partial charge in [-0.05, 0) is 74.6 Å². The van der Waals surface area contributed by atoms with Crippen molar-refractivity contribution >= 4 is 58.6 Å². The molecular weight excluding hydrogens is 607 g/mol. The van der Waals surface area contributed by atoms with Crippen molar-refractivity contribution < 1.29 is 23.9 Å². The number of anilines is 2. The summed E-state index contributed by atoms with van der Waals surface area (Å²) in [5.41, 5.74) is 2.43. The number of benzene rings is 2. The van der Waals surface area contributed by atoms with Gasteiger partial charge in [-0.2, -0.15) is 0 Å². The van der Waals surface area contributed by atoms with E-state index in [1.165, 1.54) is 23.9 Å². The summed E-state index contributed by atoms with van der Waals surface area (Å²) in [4.78, 5) is 54.2. The molecule has 0 aliphatic heterocycles. The number of halogens is 2. The number of carbonyl (C=O) groups is 4. The zero-order valence-corrected chi connectivity index (χ0v) is 26.1. The molecule has 5 N–H and O–H groups in total. The van der Waals surface area contributed by atoms with Gasteiger partial charge in [0.2, 0.25) is 5.91 Å². The van der Waals surface area contributed by atoms with Crippen molar-refractivity contribution in [2.24, 2.45) is 0 Å². The second-order valence-corrected chi connectivity index (χ2v) is 11.9. The highest BCUT2D eigenvalue weighted by Crippen LogP contribution is 2.32. The van der Waals surface area contributed by atoms with E-state index in [-0.39, 0.29) is 58.7 Å². The van der Waals surface area contributed by atoms with Crippen molar-refractivity contribution in [3.05, 3.63) is 87.0 Å². The van der Waals surface area contributed by atoms with Gasteiger partial charge in [0, 0.05) is 19.3 Å². The first-order chi connectivity index (χ1) is 20.9. The Morgan fingerprint density at radius 1 is 0.977 bits per heavy atom. The lowest BCUT2D eigenvalue weighted by molar-refractivity contribution is -0.115. The quantitative estimate of drug-likeness (QED) is 0.191. The first kappa shape index (κ1) is 32.6. The minimum atomic E-state index is -0.675. The molecule has 44 heavy (non-hydrogen) atoms. The smallest absolute Gasteiger partial charge is 0.413 e. The van der Waals surface area contributed by atoms with Crippen molar-refractivity contribution in [1.29, 1.82) is 0 Å². The van der Waals surface area contributed by atoms with Crippen LogP contribution in [0.2, 0.25) is 10.0 Å². The number of ether oxygens (including phenoxy) is 1. The number of hydrogen-bond acceptors (Lipinski definition) is 6. The highest BCUT2D eigenvalue weighted by molar-refractivity contribution is 6.41. The van der Waals surface area contributed by atoms with Crippen LogP contribution in [0.15, 0.2) is 54.7 Å². The Hall–Kier alpha value is -4.35. The average Bonchev–Trinajstić information content (AvgIpc) is 3.34. The molecule has 5 amide bonds. The van der Waals surface area contributed by atoms with Gasteiger partial charge in [-0.1, -0.05) is 47.5 Å². The van der Waals surface area contributed by atoms with Gasteiger partial charge < -0.3 is 26.0 Å². The highest BCUT2D eigenvalue weighted by Gasteiger charge is 2.24. The third-order valence-electron chi connectivity index (χ3n) is 6.54. The molecule has 0 unspecified atom stereocenters. The maximum atomic E-state index is 12.9. The number of fused-ring (bicyclic) bond motifs is 1. The van der Waals surface area contributed by atoms with Crippen LogP contribution in [-0.2, 0) is 22.4 Å². The summed E-state index contributed by atoms with van der Waals surface area (Å²) in [7, 11) is 0. The Kier molecular flexibility index (Phi) is 10.7. The van der Waals surface area contributed by atoms with E-state index in [2.05, 4.69) is 37.6 Å². The first-order valence-electron chi connectivity index (χ1n) is 14.0. The number of amides is 5. The molecule has 11 nitrogen and oxygen atoms in total. The minimum absolute atomic E-state index is 0.00842. The molecule has 2 aromatic carbocycles. The Labute approximate surface area is 265 Å². The lowest BCUT2D eigenvalue weighted by atomic mass is 10.1. The van der Waals surface area contributed by atoms with Crippen LogP contribution in [-0.4, -0.2) is 47.6 Å². The van der Waals surface area contributed by atoms with Crippen molar-refractivity contribution in [1.82, 2.24) is 20.9 Å². The van der Waals surface area contributed by atoms with Gasteiger partial charge >= 0.3 is 12.1 Å². The van der Waals surface area contributed by atoms with E-state index in [1.54, 1.807) is 32.9 Å². The van der Waals surface area contributed by atoms with Gasteiger partial charge in [0.05, 0.1) is 33.8 Å². The summed E-state index contributed by atoms with van der Waals surface area (Å²) in [6.07, 6.45) is 2.48. The molecule has 13 heteroatoms. The molecule has 232 valence electrons. The summed E-state index contributed by atoms with van der Waals surface area (Å²) in [6.45, 7) is 5.53. The molecule has 1 atom stereocenters. The van der Waals surface area contributed by atoms with Crippen LogP contribution in [0.4, 0.5) is 21.1 Å².